The smallest absolute Gasteiger partial charge is 0.278 e. The van der Waals surface area contributed by atoms with Gasteiger partial charge >= 0.3 is 0 Å². The molecule has 4 rings (SSSR count). The van der Waals surface area contributed by atoms with Gasteiger partial charge in [0.2, 0.25) is 5.91 Å². The number of nitrogens with zero attached hydrogens (tertiary/aromatic N) is 4. The summed E-state index contributed by atoms with van der Waals surface area (Å²) in [4.78, 5) is 31.7. The number of carbonyl (C=O) groups excluding carboxylic acids is 2. The summed E-state index contributed by atoms with van der Waals surface area (Å²) in [5, 5.41) is 19.9. The molecule has 0 aliphatic carbocycles. The number of morpholine rings is 1. The van der Waals surface area contributed by atoms with Crippen LogP contribution in [-0.4, -0.2) is 69.4 Å². The van der Waals surface area contributed by atoms with Crippen molar-refractivity contribution in [1.29, 1.82) is 0 Å². The third-order valence-corrected chi connectivity index (χ3v) is 5.55. The van der Waals surface area contributed by atoms with Crippen molar-refractivity contribution in [3.05, 3.63) is 51.1 Å². The fourth-order valence-corrected chi connectivity index (χ4v) is 3.78. The highest BCUT2D eigenvalue weighted by Gasteiger charge is 2.24. The van der Waals surface area contributed by atoms with Gasteiger partial charge in [-0.1, -0.05) is 0 Å². The lowest BCUT2D eigenvalue weighted by atomic mass is 10.1. The maximum Gasteiger partial charge on any atom is 0.278 e. The predicted molar refractivity (Wildman–Crippen MR) is 122 cm³/mol. The van der Waals surface area contributed by atoms with Crippen LogP contribution in [0.4, 0.5) is 15.9 Å². The molecule has 1 aromatic carbocycles. The Hall–Kier alpha value is -2.88. The lowest BCUT2D eigenvalue weighted by molar-refractivity contribution is -0.143. The van der Waals surface area contributed by atoms with Crippen molar-refractivity contribution in [1.82, 2.24) is 25.0 Å². The number of fused-ring (bicyclic) bond motifs is 1. The summed E-state index contributed by atoms with van der Waals surface area (Å²) in [5.74, 6) is -1.12. The molecule has 0 atom stereocenters. The van der Waals surface area contributed by atoms with Gasteiger partial charge in [0.1, 0.15) is 24.6 Å². The summed E-state index contributed by atoms with van der Waals surface area (Å²) < 4.78 is 22.0. The predicted octanol–water partition coefficient (Wildman–Crippen LogP) is 1.23. The number of ether oxygens (including phenoxy) is 1. The summed E-state index contributed by atoms with van der Waals surface area (Å²) >= 11 is 2.00. The van der Waals surface area contributed by atoms with Gasteiger partial charge in [-0.15, -0.1) is 10.2 Å². The van der Waals surface area contributed by atoms with Gasteiger partial charge in [-0.2, -0.15) is 0 Å². The van der Waals surface area contributed by atoms with Gasteiger partial charge in [0.15, 0.2) is 5.65 Å². The average Bonchev–Trinajstić information content (AvgIpc) is 3.29. The first-order valence-electron chi connectivity index (χ1n) is 9.94. The van der Waals surface area contributed by atoms with E-state index < -0.39 is 11.7 Å². The highest BCUT2D eigenvalue weighted by atomic mass is 127. The number of rotatable bonds is 8. The molecule has 3 heterocycles. The van der Waals surface area contributed by atoms with Crippen molar-refractivity contribution in [2.75, 3.05) is 38.3 Å². The number of hydrogen-bond acceptors (Lipinski definition) is 8. The van der Waals surface area contributed by atoms with Crippen LogP contribution in [0, 0.1) is 9.39 Å². The minimum Gasteiger partial charge on any atom is -0.394 e. The number of amides is 2. The van der Waals surface area contributed by atoms with E-state index in [1.54, 1.807) is 23.1 Å². The van der Waals surface area contributed by atoms with Crippen molar-refractivity contribution in [3.63, 3.8) is 0 Å². The lowest BCUT2D eigenvalue weighted by Gasteiger charge is -2.27. The fraction of sp³-hybridized carbons (Fsp3) is 0.300. The van der Waals surface area contributed by atoms with Gasteiger partial charge < -0.3 is 20.1 Å². The molecule has 2 aromatic heterocycles. The van der Waals surface area contributed by atoms with Crippen molar-refractivity contribution >= 4 is 51.6 Å². The second-order valence-corrected chi connectivity index (χ2v) is 8.32. The molecular weight excluding hydrogens is 550 g/mol. The number of carbonyl (C=O) groups is 2. The molecule has 0 saturated carbocycles. The first-order valence-corrected chi connectivity index (χ1v) is 11.0. The zero-order valence-corrected chi connectivity index (χ0v) is 19.4. The maximum atomic E-state index is 14.6. The zero-order chi connectivity index (χ0) is 23.4. The minimum absolute atomic E-state index is 0.0168. The molecule has 33 heavy (non-hydrogen) atoms. The molecule has 11 nitrogen and oxygen atoms in total. The Morgan fingerprint density at radius 1 is 1.36 bits per heavy atom. The summed E-state index contributed by atoms with van der Waals surface area (Å²) in [6, 6.07) is 6.18. The van der Waals surface area contributed by atoms with E-state index in [-0.39, 0.29) is 49.3 Å². The molecule has 3 N–H and O–H groups in total. The van der Waals surface area contributed by atoms with Crippen molar-refractivity contribution in [2.45, 2.75) is 6.54 Å². The molecule has 1 fully saturated rings. The van der Waals surface area contributed by atoms with E-state index in [4.69, 9.17) is 14.7 Å². The summed E-state index contributed by atoms with van der Waals surface area (Å²) in [6.45, 7) is 0.576. The second-order valence-electron chi connectivity index (χ2n) is 7.08. The summed E-state index contributed by atoms with van der Waals surface area (Å²) in [7, 11) is 0. The van der Waals surface area contributed by atoms with Crippen LogP contribution in [0.1, 0.15) is 15.9 Å². The number of hydroxylamine groups is 1. The molecule has 0 spiro atoms. The highest BCUT2D eigenvalue weighted by molar-refractivity contribution is 14.1. The van der Waals surface area contributed by atoms with E-state index in [1.807, 2.05) is 22.6 Å². The van der Waals surface area contributed by atoms with E-state index >= 15 is 0 Å². The topological polar surface area (TPSA) is 130 Å². The molecule has 0 unspecified atom stereocenters. The van der Waals surface area contributed by atoms with Gasteiger partial charge in [0.25, 0.3) is 5.91 Å². The van der Waals surface area contributed by atoms with E-state index in [1.165, 1.54) is 16.8 Å². The molecule has 0 bridgehead atoms. The van der Waals surface area contributed by atoms with Crippen LogP contribution in [0.2, 0.25) is 0 Å². The second kappa shape index (κ2) is 10.4. The van der Waals surface area contributed by atoms with E-state index in [0.717, 1.165) is 0 Å². The Morgan fingerprint density at radius 3 is 2.97 bits per heavy atom. The number of anilines is 2. The largest absolute Gasteiger partial charge is 0.394 e. The van der Waals surface area contributed by atoms with Crippen LogP contribution in [0.25, 0.3) is 5.65 Å². The maximum absolute atomic E-state index is 14.6. The standard InChI is InChI=1S/C20H20FIN6O5/c21-15-8-13(22)1-2-16(15)24-19-14(20(31)26-33-6-4-29)7-12(18-25-23-11-28(18)19)9-27-3-5-32-10-17(27)30/h1-2,7-8,11,24,29H,3-6,9-10H2,(H,26,31). The third kappa shape index (κ3) is 5.21. The lowest BCUT2D eigenvalue weighted by Crippen LogP contribution is -2.41. The SMILES string of the molecule is O=C(NOCCO)c1cc(CN2CCOCC2=O)c2nncn2c1Nc1ccc(I)cc1F. The number of pyridine rings is 1. The summed E-state index contributed by atoms with van der Waals surface area (Å²) in [5.41, 5.74) is 3.47. The molecule has 2 amide bonds. The van der Waals surface area contributed by atoms with E-state index in [0.29, 0.717) is 27.9 Å². The van der Waals surface area contributed by atoms with Gasteiger partial charge in [-0.25, -0.2) is 9.87 Å². The first kappa shape index (κ1) is 23.3. The molecular formula is C20H20FIN6O5. The van der Waals surface area contributed by atoms with Gasteiger partial charge in [-0.3, -0.25) is 18.8 Å². The summed E-state index contributed by atoms with van der Waals surface area (Å²) in [6.07, 6.45) is 1.39. The quantitative estimate of drug-likeness (QED) is 0.210. The van der Waals surface area contributed by atoms with Crippen molar-refractivity contribution < 1.29 is 28.7 Å². The number of aliphatic hydroxyl groups is 1. The van der Waals surface area contributed by atoms with Crippen molar-refractivity contribution in [3.8, 4) is 0 Å². The van der Waals surface area contributed by atoms with Crippen LogP contribution >= 0.6 is 22.6 Å². The van der Waals surface area contributed by atoms with E-state index in [9.17, 15) is 14.0 Å². The Balaban J connectivity index is 1.77. The monoisotopic (exact) mass is 570 g/mol. The zero-order valence-electron chi connectivity index (χ0n) is 17.3. The number of aliphatic hydroxyl groups excluding tert-OH is 1. The highest BCUT2D eigenvalue weighted by Crippen LogP contribution is 2.28. The van der Waals surface area contributed by atoms with Crippen LogP contribution < -0.4 is 10.8 Å². The molecule has 3 aromatic rings. The third-order valence-electron chi connectivity index (χ3n) is 4.88. The van der Waals surface area contributed by atoms with Crippen LogP contribution in [0.5, 0.6) is 0 Å². The molecule has 1 saturated heterocycles. The Bertz CT molecular complexity index is 1190. The average molecular weight is 570 g/mol. The fourth-order valence-electron chi connectivity index (χ4n) is 3.33. The number of aromatic nitrogens is 3. The van der Waals surface area contributed by atoms with E-state index in [2.05, 4.69) is 21.0 Å². The first-order chi connectivity index (χ1) is 16.0. The Labute approximate surface area is 201 Å². The van der Waals surface area contributed by atoms with Crippen LogP contribution in [-0.2, 0) is 20.9 Å². The molecule has 1 aliphatic heterocycles. The normalized spacial score (nSPS) is 14.0. The van der Waals surface area contributed by atoms with Crippen LogP contribution in [0.15, 0.2) is 30.6 Å². The van der Waals surface area contributed by atoms with Crippen molar-refractivity contribution in [2.24, 2.45) is 0 Å². The number of nitrogens with one attached hydrogen (secondary N) is 2. The van der Waals surface area contributed by atoms with Gasteiger partial charge in [0.05, 0.1) is 31.1 Å². The minimum atomic E-state index is -0.637. The van der Waals surface area contributed by atoms with Gasteiger partial charge in [-0.05, 0) is 46.9 Å². The van der Waals surface area contributed by atoms with Gasteiger partial charge in [0, 0.05) is 22.2 Å². The molecule has 1 aliphatic rings. The number of benzene rings is 1. The number of halogens is 2. The Kier molecular flexibility index (Phi) is 7.32. The molecule has 13 heteroatoms. The Morgan fingerprint density at radius 2 is 2.21 bits per heavy atom. The van der Waals surface area contributed by atoms with Crippen LogP contribution in [0.3, 0.4) is 0 Å². The molecule has 174 valence electrons. The number of hydrogen-bond donors (Lipinski definition) is 3. The molecule has 0 radical (unpaired) electrons.